The molecule has 1 heterocycles. The molecule has 2 amide bonds. The normalized spacial score (nSPS) is 16.0. The second-order valence-electron chi connectivity index (χ2n) is 7.06. The van der Waals surface area contributed by atoms with Crippen LogP contribution in [-0.4, -0.2) is 54.3 Å². The molecule has 0 aliphatic carbocycles. The van der Waals surface area contributed by atoms with E-state index in [0.29, 0.717) is 19.6 Å². The molecule has 1 atom stereocenters. The van der Waals surface area contributed by atoms with Gasteiger partial charge in [0.05, 0.1) is 12.6 Å². The van der Waals surface area contributed by atoms with Gasteiger partial charge < -0.3 is 10.2 Å². The zero-order valence-corrected chi connectivity index (χ0v) is 16.0. The van der Waals surface area contributed by atoms with Crippen molar-refractivity contribution in [2.24, 2.45) is 0 Å². The monoisotopic (exact) mass is 365 g/mol. The van der Waals surface area contributed by atoms with Crippen molar-refractivity contribution in [2.45, 2.75) is 19.9 Å². The smallest absolute Gasteiger partial charge is 0.234 e. The highest BCUT2D eigenvalue weighted by Gasteiger charge is 2.21. The number of nitrogens with one attached hydrogen (secondary N) is 1. The summed E-state index contributed by atoms with van der Waals surface area (Å²) in [6.07, 6.45) is 0. The van der Waals surface area contributed by atoms with Crippen molar-refractivity contribution in [3.05, 3.63) is 60.2 Å². The van der Waals surface area contributed by atoms with Crippen molar-refractivity contribution in [1.82, 2.24) is 15.1 Å². The van der Waals surface area contributed by atoms with Crippen LogP contribution in [0.1, 0.15) is 25.5 Å². The third kappa shape index (κ3) is 5.17. The van der Waals surface area contributed by atoms with Crippen molar-refractivity contribution in [1.29, 1.82) is 0 Å². The van der Waals surface area contributed by atoms with E-state index < -0.39 is 0 Å². The molecule has 5 nitrogen and oxygen atoms in total. The Morgan fingerprint density at radius 3 is 2.11 bits per heavy atom. The predicted molar refractivity (Wildman–Crippen MR) is 107 cm³/mol. The van der Waals surface area contributed by atoms with Gasteiger partial charge in [-0.3, -0.25) is 14.5 Å². The van der Waals surface area contributed by atoms with Crippen molar-refractivity contribution < 1.29 is 9.59 Å². The topological polar surface area (TPSA) is 52.7 Å². The van der Waals surface area contributed by atoms with Crippen molar-refractivity contribution in [2.75, 3.05) is 32.7 Å². The summed E-state index contributed by atoms with van der Waals surface area (Å²) in [4.78, 5) is 27.7. The van der Waals surface area contributed by atoms with Gasteiger partial charge in [0, 0.05) is 33.1 Å². The van der Waals surface area contributed by atoms with Crippen LogP contribution < -0.4 is 5.32 Å². The van der Waals surface area contributed by atoms with Crippen LogP contribution in [-0.2, 0) is 9.59 Å². The van der Waals surface area contributed by atoms with Crippen LogP contribution in [0.4, 0.5) is 0 Å². The third-order valence-corrected chi connectivity index (χ3v) is 5.08. The molecule has 0 bridgehead atoms. The largest absolute Gasteiger partial charge is 0.348 e. The molecule has 1 N–H and O–H groups in total. The molecule has 142 valence electrons. The van der Waals surface area contributed by atoms with Crippen molar-refractivity contribution in [3.63, 3.8) is 0 Å². The molecule has 0 aromatic heterocycles. The first-order valence-corrected chi connectivity index (χ1v) is 9.45. The quantitative estimate of drug-likeness (QED) is 0.886. The Labute approximate surface area is 161 Å². The highest BCUT2D eigenvalue weighted by atomic mass is 16.2. The minimum atomic E-state index is -0.0409. The van der Waals surface area contributed by atoms with E-state index in [-0.39, 0.29) is 17.9 Å². The van der Waals surface area contributed by atoms with Gasteiger partial charge in [-0.15, -0.1) is 0 Å². The van der Waals surface area contributed by atoms with Crippen LogP contribution in [0.5, 0.6) is 0 Å². The van der Waals surface area contributed by atoms with E-state index in [1.807, 2.05) is 30.0 Å². The molecule has 2 aromatic carbocycles. The lowest BCUT2D eigenvalue weighted by Gasteiger charge is -2.33. The molecule has 0 unspecified atom stereocenters. The molecule has 0 saturated carbocycles. The van der Waals surface area contributed by atoms with Crippen LogP contribution in [0.3, 0.4) is 0 Å². The lowest BCUT2D eigenvalue weighted by Crippen LogP contribution is -2.50. The Kier molecular flexibility index (Phi) is 6.24. The Balaban J connectivity index is 1.50. The van der Waals surface area contributed by atoms with Crippen molar-refractivity contribution in [3.8, 4) is 11.1 Å². The van der Waals surface area contributed by atoms with Crippen LogP contribution >= 0.6 is 0 Å². The van der Waals surface area contributed by atoms with E-state index in [1.165, 1.54) is 11.1 Å². The standard InChI is InChI=1S/C22H27N3O2/c1-17(19-8-10-21(11-9-19)20-6-4-3-5-7-20)23-22(27)16-24-12-14-25(15-13-24)18(2)26/h3-11,17H,12-16H2,1-2H3,(H,23,27)/t17-/m1/s1. The summed E-state index contributed by atoms with van der Waals surface area (Å²) in [5, 5.41) is 3.08. The first kappa shape index (κ1) is 19.1. The molecular formula is C22H27N3O2. The second kappa shape index (κ2) is 8.82. The molecule has 1 saturated heterocycles. The first-order valence-electron chi connectivity index (χ1n) is 9.45. The number of rotatable bonds is 5. The SMILES string of the molecule is CC(=O)N1CCN(CC(=O)N[C@H](C)c2ccc(-c3ccccc3)cc2)CC1. The molecule has 1 aliphatic heterocycles. The Hall–Kier alpha value is -2.66. The Morgan fingerprint density at radius 2 is 1.52 bits per heavy atom. The van der Waals surface area contributed by atoms with Crippen LogP contribution in [0.25, 0.3) is 11.1 Å². The number of hydrogen-bond acceptors (Lipinski definition) is 3. The van der Waals surface area contributed by atoms with Gasteiger partial charge in [-0.05, 0) is 23.6 Å². The number of carbonyl (C=O) groups is 2. The number of nitrogens with zero attached hydrogens (tertiary/aromatic N) is 2. The molecule has 1 fully saturated rings. The minimum absolute atomic E-state index is 0.0194. The van der Waals surface area contributed by atoms with Gasteiger partial charge in [0.2, 0.25) is 11.8 Å². The lowest BCUT2D eigenvalue weighted by molar-refractivity contribution is -0.131. The third-order valence-electron chi connectivity index (χ3n) is 5.08. The fourth-order valence-corrected chi connectivity index (χ4v) is 3.39. The highest BCUT2D eigenvalue weighted by Crippen LogP contribution is 2.21. The fourth-order valence-electron chi connectivity index (χ4n) is 3.39. The van der Waals surface area contributed by atoms with E-state index >= 15 is 0 Å². The molecular weight excluding hydrogens is 338 g/mol. The van der Waals surface area contributed by atoms with Gasteiger partial charge in [-0.25, -0.2) is 0 Å². The fraction of sp³-hybridized carbons (Fsp3) is 0.364. The number of amides is 2. The maximum atomic E-state index is 12.4. The summed E-state index contributed by atoms with van der Waals surface area (Å²) in [5.41, 5.74) is 3.44. The maximum absolute atomic E-state index is 12.4. The zero-order chi connectivity index (χ0) is 19.2. The zero-order valence-electron chi connectivity index (χ0n) is 16.0. The molecule has 2 aromatic rings. The maximum Gasteiger partial charge on any atom is 0.234 e. The average Bonchev–Trinajstić information content (AvgIpc) is 2.69. The predicted octanol–water partition coefficient (Wildman–Crippen LogP) is 2.69. The van der Waals surface area contributed by atoms with E-state index in [4.69, 9.17) is 0 Å². The molecule has 1 aliphatic rings. The minimum Gasteiger partial charge on any atom is -0.348 e. The van der Waals surface area contributed by atoms with Crippen LogP contribution in [0.15, 0.2) is 54.6 Å². The van der Waals surface area contributed by atoms with Gasteiger partial charge in [0.15, 0.2) is 0 Å². The summed E-state index contributed by atoms with van der Waals surface area (Å²) in [5.74, 6) is 0.123. The van der Waals surface area contributed by atoms with E-state index in [9.17, 15) is 9.59 Å². The average molecular weight is 365 g/mol. The summed E-state index contributed by atoms with van der Waals surface area (Å²) in [6, 6.07) is 18.5. The lowest BCUT2D eigenvalue weighted by atomic mass is 10.0. The summed E-state index contributed by atoms with van der Waals surface area (Å²) in [6.45, 7) is 6.84. The van der Waals surface area contributed by atoms with Crippen molar-refractivity contribution >= 4 is 11.8 Å². The van der Waals surface area contributed by atoms with Gasteiger partial charge in [-0.1, -0.05) is 54.6 Å². The summed E-state index contributed by atoms with van der Waals surface area (Å²) < 4.78 is 0. The van der Waals surface area contributed by atoms with Crippen LogP contribution in [0.2, 0.25) is 0 Å². The number of benzene rings is 2. The molecule has 0 spiro atoms. The van der Waals surface area contributed by atoms with Gasteiger partial charge >= 0.3 is 0 Å². The number of piperazine rings is 1. The van der Waals surface area contributed by atoms with Gasteiger partial charge in [-0.2, -0.15) is 0 Å². The molecule has 5 heteroatoms. The van der Waals surface area contributed by atoms with E-state index in [2.05, 4.69) is 46.6 Å². The summed E-state index contributed by atoms with van der Waals surface area (Å²) in [7, 11) is 0. The van der Waals surface area contributed by atoms with Gasteiger partial charge in [0.25, 0.3) is 0 Å². The first-order chi connectivity index (χ1) is 13.0. The molecule has 0 radical (unpaired) electrons. The van der Waals surface area contributed by atoms with Gasteiger partial charge in [0.1, 0.15) is 0 Å². The number of carbonyl (C=O) groups excluding carboxylic acids is 2. The second-order valence-corrected chi connectivity index (χ2v) is 7.06. The van der Waals surface area contributed by atoms with E-state index in [0.717, 1.165) is 18.7 Å². The molecule has 3 rings (SSSR count). The summed E-state index contributed by atoms with van der Waals surface area (Å²) >= 11 is 0. The number of hydrogen-bond donors (Lipinski definition) is 1. The van der Waals surface area contributed by atoms with Crippen LogP contribution in [0, 0.1) is 0 Å². The Bertz CT molecular complexity index is 766. The Morgan fingerprint density at radius 1 is 0.926 bits per heavy atom. The molecule has 27 heavy (non-hydrogen) atoms. The van der Waals surface area contributed by atoms with E-state index in [1.54, 1.807) is 6.92 Å². The highest BCUT2D eigenvalue weighted by molar-refractivity contribution is 5.78.